The van der Waals surface area contributed by atoms with E-state index in [-0.39, 0.29) is 17.2 Å². The zero-order valence-electron chi connectivity index (χ0n) is 14.8. The normalized spacial score (nSPS) is 15.7. The van der Waals surface area contributed by atoms with E-state index < -0.39 is 12.0 Å². The predicted octanol–water partition coefficient (Wildman–Crippen LogP) is 4.06. The van der Waals surface area contributed by atoms with Crippen LogP contribution in [0.4, 0.5) is 19.0 Å². The van der Waals surface area contributed by atoms with Crippen LogP contribution in [0.3, 0.4) is 0 Å². The molecule has 4 rings (SSSR count). The molecule has 28 heavy (non-hydrogen) atoms. The fraction of sp³-hybridized carbons (Fsp3) is 0.316. The molecule has 3 heterocycles. The van der Waals surface area contributed by atoms with Gasteiger partial charge < -0.3 is 9.80 Å². The highest BCUT2D eigenvalue weighted by Crippen LogP contribution is 2.32. The summed E-state index contributed by atoms with van der Waals surface area (Å²) in [5.41, 5.74) is 0.260. The van der Waals surface area contributed by atoms with Crippen molar-refractivity contribution in [1.29, 1.82) is 0 Å². The summed E-state index contributed by atoms with van der Waals surface area (Å²) in [5, 5.41) is 2.43. The number of fused-ring (bicyclic) bond motifs is 1. The van der Waals surface area contributed by atoms with Crippen molar-refractivity contribution in [3.8, 4) is 0 Å². The van der Waals surface area contributed by atoms with E-state index in [1.807, 2.05) is 16.3 Å². The van der Waals surface area contributed by atoms with Gasteiger partial charge in [-0.1, -0.05) is 18.2 Å². The Morgan fingerprint density at radius 3 is 2.57 bits per heavy atom. The molecule has 1 aromatic carbocycles. The van der Waals surface area contributed by atoms with Crippen molar-refractivity contribution in [2.75, 3.05) is 31.1 Å². The molecule has 9 heteroatoms. The Bertz CT molecular complexity index is 991. The Hall–Kier alpha value is -2.68. The molecular formula is C19H17F3N4OS. The van der Waals surface area contributed by atoms with E-state index in [1.165, 1.54) is 11.3 Å². The third-order valence-corrected chi connectivity index (χ3v) is 5.51. The molecular weight excluding hydrogens is 389 g/mol. The number of carbonyl (C=O) groups is 1. The minimum atomic E-state index is -4.62. The zero-order valence-corrected chi connectivity index (χ0v) is 15.6. The number of anilines is 1. The number of aromatic nitrogens is 2. The van der Waals surface area contributed by atoms with Gasteiger partial charge >= 0.3 is 6.18 Å². The van der Waals surface area contributed by atoms with Crippen LogP contribution in [0.1, 0.15) is 21.9 Å². The van der Waals surface area contributed by atoms with Gasteiger partial charge in [-0.05, 0) is 30.0 Å². The smallest absolute Gasteiger partial charge is 0.354 e. The van der Waals surface area contributed by atoms with Crippen LogP contribution in [0.5, 0.6) is 0 Å². The number of alkyl halides is 3. The lowest BCUT2D eigenvalue weighted by Gasteiger charge is -2.24. The van der Waals surface area contributed by atoms with Crippen molar-refractivity contribution in [1.82, 2.24) is 14.9 Å². The average molecular weight is 406 g/mol. The molecule has 1 aliphatic heterocycles. The molecule has 1 fully saturated rings. The van der Waals surface area contributed by atoms with E-state index in [1.54, 1.807) is 35.2 Å². The number of benzene rings is 1. The first-order chi connectivity index (χ1) is 13.4. The largest absolute Gasteiger partial charge is 0.451 e. The third-order valence-electron chi connectivity index (χ3n) is 4.65. The average Bonchev–Trinajstić information content (AvgIpc) is 3.11. The van der Waals surface area contributed by atoms with Gasteiger partial charge in [0, 0.05) is 31.6 Å². The van der Waals surface area contributed by atoms with Crippen LogP contribution in [0.25, 0.3) is 10.9 Å². The first kappa shape index (κ1) is 18.7. The summed E-state index contributed by atoms with van der Waals surface area (Å²) in [6, 6.07) is 10.3. The number of hydrogen-bond acceptors (Lipinski definition) is 5. The van der Waals surface area contributed by atoms with E-state index in [4.69, 9.17) is 0 Å². The summed E-state index contributed by atoms with van der Waals surface area (Å²) in [6.45, 7) is 1.92. The van der Waals surface area contributed by atoms with E-state index in [0.717, 1.165) is 0 Å². The van der Waals surface area contributed by atoms with Crippen LogP contribution in [0.2, 0.25) is 0 Å². The molecule has 0 radical (unpaired) electrons. The molecule has 0 unspecified atom stereocenters. The van der Waals surface area contributed by atoms with Crippen LogP contribution in [-0.2, 0) is 6.18 Å². The van der Waals surface area contributed by atoms with Gasteiger partial charge in [-0.3, -0.25) is 4.79 Å². The Labute approximate surface area is 163 Å². The van der Waals surface area contributed by atoms with Crippen molar-refractivity contribution in [3.63, 3.8) is 0 Å². The summed E-state index contributed by atoms with van der Waals surface area (Å²) in [5.74, 6) is -0.916. The Morgan fingerprint density at radius 2 is 1.82 bits per heavy atom. The maximum absolute atomic E-state index is 13.3. The number of para-hydroxylation sites is 1. The number of rotatable bonds is 2. The SMILES string of the molecule is O=C(c1cccs1)N1CCCN(c2nc(C(F)(F)F)nc3ccccc23)CC1. The predicted molar refractivity (Wildman–Crippen MR) is 102 cm³/mol. The highest BCUT2D eigenvalue weighted by atomic mass is 32.1. The molecule has 0 bridgehead atoms. The maximum Gasteiger partial charge on any atom is 0.451 e. The van der Waals surface area contributed by atoms with Gasteiger partial charge in [-0.15, -0.1) is 11.3 Å². The van der Waals surface area contributed by atoms with Gasteiger partial charge in [-0.2, -0.15) is 13.2 Å². The summed E-state index contributed by atoms with van der Waals surface area (Å²) in [4.78, 5) is 24.4. The number of amides is 1. The molecule has 2 aromatic heterocycles. The van der Waals surface area contributed by atoms with Gasteiger partial charge in [0.1, 0.15) is 5.82 Å². The summed E-state index contributed by atoms with van der Waals surface area (Å²) in [6.07, 6.45) is -3.97. The highest BCUT2D eigenvalue weighted by molar-refractivity contribution is 7.12. The van der Waals surface area contributed by atoms with Gasteiger partial charge in [0.15, 0.2) is 0 Å². The number of nitrogens with zero attached hydrogens (tertiary/aromatic N) is 4. The van der Waals surface area contributed by atoms with Crippen LogP contribution in [0.15, 0.2) is 41.8 Å². The minimum absolute atomic E-state index is 0.0413. The topological polar surface area (TPSA) is 49.3 Å². The summed E-state index contributed by atoms with van der Waals surface area (Å²) >= 11 is 1.38. The Kier molecular flexibility index (Phi) is 4.92. The van der Waals surface area contributed by atoms with Crippen LogP contribution >= 0.6 is 11.3 Å². The van der Waals surface area contributed by atoms with Crippen LogP contribution in [-0.4, -0.2) is 47.0 Å². The molecule has 1 saturated heterocycles. The number of halogens is 3. The lowest BCUT2D eigenvalue weighted by molar-refractivity contribution is -0.144. The molecule has 0 N–H and O–H groups in total. The number of hydrogen-bond donors (Lipinski definition) is 0. The van der Waals surface area contributed by atoms with Gasteiger partial charge in [-0.25, -0.2) is 9.97 Å². The third kappa shape index (κ3) is 3.66. The lowest BCUT2D eigenvalue weighted by atomic mass is 10.2. The second kappa shape index (κ2) is 7.38. The molecule has 0 saturated carbocycles. The molecule has 3 aromatic rings. The standard InChI is InChI=1S/C19H17F3N4OS/c20-19(21,22)18-23-14-6-2-1-5-13(14)16(24-18)25-8-4-9-26(11-10-25)17(27)15-7-3-12-28-15/h1-3,5-7,12H,4,8-11H2. The maximum atomic E-state index is 13.3. The highest BCUT2D eigenvalue weighted by Gasteiger charge is 2.36. The molecule has 1 aliphatic rings. The molecule has 0 atom stereocenters. The van der Waals surface area contributed by atoms with Crippen molar-refractivity contribution >= 4 is 34.0 Å². The van der Waals surface area contributed by atoms with Gasteiger partial charge in [0.05, 0.1) is 10.4 Å². The van der Waals surface area contributed by atoms with Crippen molar-refractivity contribution < 1.29 is 18.0 Å². The lowest BCUT2D eigenvalue weighted by Crippen LogP contribution is -2.35. The number of carbonyl (C=O) groups excluding carboxylic acids is 1. The minimum Gasteiger partial charge on any atom is -0.354 e. The quantitative estimate of drug-likeness (QED) is 0.644. The van der Waals surface area contributed by atoms with Crippen LogP contribution < -0.4 is 4.90 Å². The Morgan fingerprint density at radius 1 is 1.00 bits per heavy atom. The zero-order chi connectivity index (χ0) is 19.7. The van der Waals surface area contributed by atoms with Crippen molar-refractivity contribution in [2.24, 2.45) is 0 Å². The van der Waals surface area contributed by atoms with E-state index >= 15 is 0 Å². The van der Waals surface area contributed by atoms with E-state index in [0.29, 0.717) is 42.9 Å². The second-order valence-corrected chi connectivity index (χ2v) is 7.44. The fourth-order valence-electron chi connectivity index (χ4n) is 3.32. The Balaban J connectivity index is 1.64. The van der Waals surface area contributed by atoms with Crippen molar-refractivity contribution in [3.05, 3.63) is 52.5 Å². The van der Waals surface area contributed by atoms with Gasteiger partial charge in [0.2, 0.25) is 5.82 Å². The molecule has 0 spiro atoms. The summed E-state index contributed by atoms with van der Waals surface area (Å²) in [7, 11) is 0. The van der Waals surface area contributed by atoms with E-state index in [2.05, 4.69) is 9.97 Å². The number of thiophene rings is 1. The second-order valence-electron chi connectivity index (χ2n) is 6.50. The molecule has 146 valence electrons. The first-order valence-corrected chi connectivity index (χ1v) is 9.73. The molecule has 1 amide bonds. The fourth-order valence-corrected chi connectivity index (χ4v) is 4.01. The molecule has 0 aliphatic carbocycles. The first-order valence-electron chi connectivity index (χ1n) is 8.85. The van der Waals surface area contributed by atoms with Gasteiger partial charge in [0.25, 0.3) is 5.91 Å². The van der Waals surface area contributed by atoms with Crippen molar-refractivity contribution in [2.45, 2.75) is 12.6 Å². The molecule has 5 nitrogen and oxygen atoms in total. The monoisotopic (exact) mass is 406 g/mol. The van der Waals surface area contributed by atoms with E-state index in [9.17, 15) is 18.0 Å². The van der Waals surface area contributed by atoms with Crippen LogP contribution in [0, 0.1) is 0 Å². The summed E-state index contributed by atoms with van der Waals surface area (Å²) < 4.78 is 39.8.